The van der Waals surface area contributed by atoms with E-state index >= 15 is 0 Å². The minimum atomic E-state index is -0.196. The number of hydrogen-bond donors (Lipinski definition) is 1. The van der Waals surface area contributed by atoms with Gasteiger partial charge in [-0.05, 0) is 42.2 Å². The number of Topliss-reactive ketones (excluding diaryl/α,β-unsaturated/α-hetero) is 1. The van der Waals surface area contributed by atoms with Crippen LogP contribution < -0.4 is 14.8 Å². The highest BCUT2D eigenvalue weighted by Gasteiger charge is 2.36. The molecule has 0 bridgehead atoms. The first-order valence-electron chi connectivity index (χ1n) is 8.53. The summed E-state index contributed by atoms with van der Waals surface area (Å²) in [5, 5.41) is 4.43. The molecule has 0 aromatic heterocycles. The lowest BCUT2D eigenvalue weighted by Crippen LogP contribution is -2.26. The molecule has 4 nitrogen and oxygen atoms in total. The zero-order chi connectivity index (χ0) is 17.8. The Morgan fingerprint density at radius 2 is 1.81 bits per heavy atom. The van der Waals surface area contributed by atoms with Crippen molar-refractivity contribution in [1.29, 1.82) is 0 Å². The van der Waals surface area contributed by atoms with Gasteiger partial charge >= 0.3 is 0 Å². The van der Waals surface area contributed by atoms with Gasteiger partial charge in [-0.15, -0.1) is 0 Å². The SMILES string of the molecule is O=C1CCCC2=C1[C@@H](c1ccc(Cl)c(Cl)c1)c1cc3c(cc1N2)OCO3. The molecule has 1 aliphatic carbocycles. The van der Waals surface area contributed by atoms with Crippen LogP contribution in [0.15, 0.2) is 41.6 Å². The van der Waals surface area contributed by atoms with Crippen LogP contribution in [-0.2, 0) is 4.79 Å². The molecule has 5 rings (SSSR count). The second-order valence-electron chi connectivity index (χ2n) is 6.69. The fraction of sp³-hybridized carbons (Fsp3) is 0.250. The molecule has 0 amide bonds. The van der Waals surface area contributed by atoms with Crippen LogP contribution >= 0.6 is 23.2 Å². The minimum Gasteiger partial charge on any atom is -0.454 e. The molecule has 0 radical (unpaired) electrons. The summed E-state index contributed by atoms with van der Waals surface area (Å²) in [6.45, 7) is 0.210. The van der Waals surface area contributed by atoms with Gasteiger partial charge in [0, 0.05) is 35.4 Å². The van der Waals surface area contributed by atoms with Crippen LogP contribution in [0.4, 0.5) is 5.69 Å². The van der Waals surface area contributed by atoms with Gasteiger partial charge in [-0.1, -0.05) is 29.3 Å². The summed E-state index contributed by atoms with van der Waals surface area (Å²) in [7, 11) is 0. The number of anilines is 1. The molecule has 1 N–H and O–H groups in total. The number of carbonyl (C=O) groups excluding carboxylic acids is 1. The molecule has 0 fully saturated rings. The standard InChI is InChI=1S/C20H15Cl2NO3/c21-12-5-4-10(6-13(12)22)19-11-7-17-18(26-9-25-17)8-15(11)23-14-2-1-3-16(24)20(14)19/h4-8,19,23H,1-3,9H2/t19-/m0/s1. The zero-order valence-electron chi connectivity index (χ0n) is 13.8. The Bertz CT molecular complexity index is 983. The number of hydrogen-bond acceptors (Lipinski definition) is 4. The van der Waals surface area contributed by atoms with Gasteiger partial charge in [0.15, 0.2) is 17.3 Å². The Balaban J connectivity index is 1.74. The minimum absolute atomic E-state index is 0.179. The molecular weight excluding hydrogens is 373 g/mol. The molecule has 2 aromatic carbocycles. The maximum absolute atomic E-state index is 12.8. The van der Waals surface area contributed by atoms with Crippen molar-refractivity contribution in [3.63, 3.8) is 0 Å². The van der Waals surface area contributed by atoms with Gasteiger partial charge in [0.05, 0.1) is 10.0 Å². The van der Waals surface area contributed by atoms with E-state index in [1.54, 1.807) is 6.07 Å². The molecule has 3 aliphatic rings. The third-order valence-corrected chi connectivity index (χ3v) is 5.90. The lowest BCUT2D eigenvalue weighted by molar-refractivity contribution is -0.116. The lowest BCUT2D eigenvalue weighted by Gasteiger charge is -2.34. The summed E-state index contributed by atoms with van der Waals surface area (Å²) >= 11 is 12.4. The van der Waals surface area contributed by atoms with Crippen molar-refractivity contribution >= 4 is 34.7 Å². The molecule has 2 aliphatic heterocycles. The largest absolute Gasteiger partial charge is 0.454 e. The van der Waals surface area contributed by atoms with Gasteiger partial charge in [-0.2, -0.15) is 0 Å². The van der Waals surface area contributed by atoms with Crippen LogP contribution in [0.1, 0.15) is 36.3 Å². The van der Waals surface area contributed by atoms with Gasteiger partial charge in [0.2, 0.25) is 6.79 Å². The quantitative estimate of drug-likeness (QED) is 0.722. The Labute approximate surface area is 160 Å². The molecule has 0 saturated heterocycles. The number of carbonyl (C=O) groups is 1. The van der Waals surface area contributed by atoms with E-state index in [1.165, 1.54) is 0 Å². The van der Waals surface area contributed by atoms with Crippen molar-refractivity contribution in [2.45, 2.75) is 25.2 Å². The van der Waals surface area contributed by atoms with Crippen molar-refractivity contribution in [1.82, 2.24) is 0 Å². The second kappa shape index (κ2) is 5.93. The Kier molecular flexibility index (Phi) is 3.66. The summed E-state index contributed by atoms with van der Waals surface area (Å²) in [6.07, 6.45) is 2.28. The van der Waals surface area contributed by atoms with E-state index < -0.39 is 0 Å². The first-order chi connectivity index (χ1) is 12.6. The van der Waals surface area contributed by atoms with Crippen LogP contribution in [0.25, 0.3) is 0 Å². The number of rotatable bonds is 1. The third-order valence-electron chi connectivity index (χ3n) is 5.16. The first kappa shape index (κ1) is 16.0. The zero-order valence-corrected chi connectivity index (χ0v) is 15.3. The number of nitrogens with one attached hydrogen (secondary N) is 1. The number of ether oxygens (including phenoxy) is 2. The summed E-state index contributed by atoms with van der Waals surface area (Å²) < 4.78 is 11.1. The van der Waals surface area contributed by atoms with Crippen LogP contribution in [0.3, 0.4) is 0 Å². The molecule has 2 heterocycles. The molecule has 1 atom stereocenters. The summed E-state index contributed by atoms with van der Waals surface area (Å²) in [4.78, 5) is 12.8. The molecule has 0 saturated carbocycles. The average Bonchev–Trinajstić information content (AvgIpc) is 3.08. The Morgan fingerprint density at radius 1 is 1.00 bits per heavy atom. The molecule has 2 aromatic rings. The van der Waals surface area contributed by atoms with Crippen LogP contribution in [0.2, 0.25) is 10.0 Å². The van der Waals surface area contributed by atoms with Crippen LogP contribution in [-0.4, -0.2) is 12.6 Å². The van der Waals surface area contributed by atoms with E-state index in [2.05, 4.69) is 5.32 Å². The Morgan fingerprint density at radius 3 is 2.62 bits per heavy atom. The van der Waals surface area contributed by atoms with Gasteiger partial charge in [-0.25, -0.2) is 0 Å². The van der Waals surface area contributed by atoms with E-state index in [4.69, 9.17) is 32.7 Å². The van der Waals surface area contributed by atoms with Gasteiger partial charge < -0.3 is 14.8 Å². The fourth-order valence-corrected chi connectivity index (χ4v) is 4.30. The summed E-state index contributed by atoms with van der Waals surface area (Å²) in [5.74, 6) is 1.40. The van der Waals surface area contributed by atoms with E-state index in [9.17, 15) is 4.79 Å². The molecule has 26 heavy (non-hydrogen) atoms. The second-order valence-corrected chi connectivity index (χ2v) is 7.51. The highest BCUT2D eigenvalue weighted by atomic mass is 35.5. The monoisotopic (exact) mass is 387 g/mol. The van der Waals surface area contributed by atoms with Gasteiger partial charge in [-0.3, -0.25) is 4.79 Å². The van der Waals surface area contributed by atoms with E-state index in [-0.39, 0.29) is 18.5 Å². The molecular formula is C20H15Cl2NO3. The predicted octanol–water partition coefficient (Wildman–Crippen LogP) is 5.29. The number of benzene rings is 2. The molecule has 0 unspecified atom stereocenters. The first-order valence-corrected chi connectivity index (χ1v) is 9.29. The van der Waals surface area contributed by atoms with Crippen molar-refractivity contribution in [3.8, 4) is 11.5 Å². The summed E-state index contributed by atoms with van der Waals surface area (Å²) in [5.41, 5.74) is 4.69. The van der Waals surface area contributed by atoms with Crippen LogP contribution in [0.5, 0.6) is 11.5 Å². The number of fused-ring (bicyclic) bond motifs is 2. The van der Waals surface area contributed by atoms with E-state index in [1.807, 2.05) is 24.3 Å². The van der Waals surface area contributed by atoms with Gasteiger partial charge in [0.1, 0.15) is 0 Å². The van der Waals surface area contributed by atoms with Gasteiger partial charge in [0.25, 0.3) is 0 Å². The van der Waals surface area contributed by atoms with E-state index in [0.717, 1.165) is 46.7 Å². The number of halogens is 2. The van der Waals surface area contributed by atoms with Crippen molar-refractivity contribution < 1.29 is 14.3 Å². The smallest absolute Gasteiger partial charge is 0.231 e. The van der Waals surface area contributed by atoms with Crippen molar-refractivity contribution in [3.05, 3.63) is 62.8 Å². The number of allylic oxidation sites excluding steroid dienone is 2. The molecule has 0 spiro atoms. The highest BCUT2D eigenvalue weighted by Crippen LogP contribution is 2.49. The molecule has 132 valence electrons. The number of ketones is 1. The van der Waals surface area contributed by atoms with Crippen molar-refractivity contribution in [2.24, 2.45) is 0 Å². The fourth-order valence-electron chi connectivity index (χ4n) is 3.99. The topological polar surface area (TPSA) is 47.6 Å². The normalized spacial score (nSPS) is 20.5. The summed E-state index contributed by atoms with van der Waals surface area (Å²) in [6, 6.07) is 9.47. The maximum Gasteiger partial charge on any atom is 0.231 e. The van der Waals surface area contributed by atoms with Crippen molar-refractivity contribution in [2.75, 3.05) is 12.1 Å². The third kappa shape index (κ3) is 2.40. The highest BCUT2D eigenvalue weighted by molar-refractivity contribution is 6.42. The molecule has 6 heteroatoms. The Hall–Kier alpha value is -2.17. The predicted molar refractivity (Wildman–Crippen MR) is 100 cm³/mol. The maximum atomic E-state index is 12.8. The van der Waals surface area contributed by atoms with Crippen LogP contribution in [0, 0.1) is 0 Å². The van der Waals surface area contributed by atoms with E-state index in [0.29, 0.717) is 22.2 Å². The lowest BCUT2D eigenvalue weighted by atomic mass is 9.75. The average molecular weight is 388 g/mol.